The predicted molar refractivity (Wildman–Crippen MR) is 69.6 cm³/mol. The van der Waals surface area contributed by atoms with Gasteiger partial charge in [-0.05, 0) is 44.6 Å². The number of rotatable bonds is 6. The van der Waals surface area contributed by atoms with Crippen LogP contribution < -0.4 is 5.32 Å². The Hall–Kier alpha value is -0.0800. The Morgan fingerprint density at radius 1 is 1.06 bits per heavy atom. The zero-order valence-electron chi connectivity index (χ0n) is 11.0. The number of hydrogen-bond donors (Lipinski definition) is 1. The van der Waals surface area contributed by atoms with E-state index in [9.17, 15) is 0 Å². The maximum atomic E-state index is 3.59. The Balaban J connectivity index is 1.53. The molecular formula is C14H28N2. The third kappa shape index (κ3) is 4.42. The molecule has 2 heteroatoms. The number of likely N-dealkylation sites (N-methyl/N-ethyl adjacent to an activating group) is 1. The summed E-state index contributed by atoms with van der Waals surface area (Å²) in [6.45, 7) is 6.13. The molecule has 2 aliphatic carbocycles. The van der Waals surface area contributed by atoms with Gasteiger partial charge in [0, 0.05) is 25.7 Å². The molecule has 0 spiro atoms. The van der Waals surface area contributed by atoms with Crippen LogP contribution in [0.15, 0.2) is 0 Å². The number of nitrogens with zero attached hydrogens (tertiary/aromatic N) is 1. The van der Waals surface area contributed by atoms with Crippen molar-refractivity contribution in [3.63, 3.8) is 0 Å². The molecule has 2 fully saturated rings. The van der Waals surface area contributed by atoms with E-state index in [1.54, 1.807) is 0 Å². The Bertz CT molecular complexity index is 193. The quantitative estimate of drug-likeness (QED) is 0.746. The van der Waals surface area contributed by atoms with Crippen molar-refractivity contribution in [2.24, 2.45) is 11.8 Å². The van der Waals surface area contributed by atoms with Crippen LogP contribution in [0, 0.1) is 11.8 Å². The zero-order valence-corrected chi connectivity index (χ0v) is 11.0. The highest BCUT2D eigenvalue weighted by Crippen LogP contribution is 2.28. The van der Waals surface area contributed by atoms with Gasteiger partial charge in [-0.2, -0.15) is 0 Å². The van der Waals surface area contributed by atoms with Gasteiger partial charge >= 0.3 is 0 Å². The van der Waals surface area contributed by atoms with Crippen molar-refractivity contribution in [2.45, 2.75) is 51.5 Å². The highest BCUT2D eigenvalue weighted by molar-refractivity contribution is 4.81. The minimum absolute atomic E-state index is 0.865. The largest absolute Gasteiger partial charge is 0.313 e. The monoisotopic (exact) mass is 224 g/mol. The average Bonchev–Trinajstić information content (AvgIpc) is 3.05. The third-order valence-electron chi connectivity index (χ3n) is 4.21. The molecule has 16 heavy (non-hydrogen) atoms. The molecule has 0 radical (unpaired) electrons. The van der Waals surface area contributed by atoms with Crippen molar-refractivity contribution >= 4 is 0 Å². The summed E-state index contributed by atoms with van der Waals surface area (Å²) >= 11 is 0. The lowest BCUT2D eigenvalue weighted by Gasteiger charge is -2.29. The first kappa shape index (κ1) is 12.4. The van der Waals surface area contributed by atoms with Gasteiger partial charge < -0.3 is 10.2 Å². The van der Waals surface area contributed by atoms with E-state index in [1.165, 1.54) is 58.2 Å². The second kappa shape index (κ2) is 6.02. The molecule has 0 aromatic rings. The van der Waals surface area contributed by atoms with Gasteiger partial charge in [0.05, 0.1) is 0 Å². The Morgan fingerprint density at radius 3 is 2.38 bits per heavy atom. The van der Waals surface area contributed by atoms with Crippen LogP contribution in [-0.2, 0) is 0 Å². The summed E-state index contributed by atoms with van der Waals surface area (Å²) in [6.07, 6.45) is 8.65. The normalized spacial score (nSPS) is 30.9. The van der Waals surface area contributed by atoms with Gasteiger partial charge in [0.25, 0.3) is 0 Å². The molecule has 0 saturated heterocycles. The van der Waals surface area contributed by atoms with E-state index >= 15 is 0 Å². The molecule has 0 atom stereocenters. The molecule has 2 rings (SSSR count). The Kier molecular flexibility index (Phi) is 4.66. The Labute approximate surface area is 101 Å². The second-order valence-corrected chi connectivity index (χ2v) is 6.12. The minimum atomic E-state index is 0.865. The van der Waals surface area contributed by atoms with Gasteiger partial charge in [-0.25, -0.2) is 0 Å². The SMILES string of the molecule is CC1CCC(CN(C)CCNC2CC2)CC1. The summed E-state index contributed by atoms with van der Waals surface area (Å²) in [5.74, 6) is 1.96. The zero-order chi connectivity index (χ0) is 11.4. The molecule has 0 aromatic carbocycles. The summed E-state index contributed by atoms with van der Waals surface area (Å²) in [7, 11) is 2.28. The van der Waals surface area contributed by atoms with Crippen LogP contribution in [0.2, 0.25) is 0 Å². The van der Waals surface area contributed by atoms with Gasteiger partial charge in [0.15, 0.2) is 0 Å². The van der Waals surface area contributed by atoms with Crippen LogP contribution in [0.1, 0.15) is 45.4 Å². The van der Waals surface area contributed by atoms with Gasteiger partial charge in [-0.15, -0.1) is 0 Å². The van der Waals surface area contributed by atoms with E-state index in [0.29, 0.717) is 0 Å². The topological polar surface area (TPSA) is 15.3 Å². The van der Waals surface area contributed by atoms with Crippen LogP contribution in [0.25, 0.3) is 0 Å². The molecule has 2 aliphatic rings. The maximum absolute atomic E-state index is 3.59. The average molecular weight is 224 g/mol. The molecule has 0 bridgehead atoms. The van der Waals surface area contributed by atoms with Crippen molar-refractivity contribution in [1.29, 1.82) is 0 Å². The highest BCUT2D eigenvalue weighted by atomic mass is 15.1. The summed E-state index contributed by atoms with van der Waals surface area (Å²) in [6, 6.07) is 0.865. The molecule has 94 valence electrons. The first-order valence-corrected chi connectivity index (χ1v) is 7.16. The smallest absolute Gasteiger partial charge is 0.0104 e. The standard InChI is InChI=1S/C14H28N2/c1-12-3-5-13(6-4-12)11-16(2)10-9-15-14-7-8-14/h12-15H,3-11H2,1-2H3. The third-order valence-corrected chi connectivity index (χ3v) is 4.21. The fourth-order valence-corrected chi connectivity index (χ4v) is 2.79. The van der Waals surface area contributed by atoms with Gasteiger partial charge in [-0.3, -0.25) is 0 Å². The van der Waals surface area contributed by atoms with E-state index in [1.807, 2.05) is 0 Å². The first-order valence-electron chi connectivity index (χ1n) is 7.16. The molecular weight excluding hydrogens is 196 g/mol. The molecule has 0 aliphatic heterocycles. The van der Waals surface area contributed by atoms with Crippen molar-refractivity contribution in [2.75, 3.05) is 26.7 Å². The molecule has 0 unspecified atom stereocenters. The van der Waals surface area contributed by atoms with Gasteiger partial charge in [-0.1, -0.05) is 19.8 Å². The lowest BCUT2D eigenvalue weighted by atomic mass is 9.83. The van der Waals surface area contributed by atoms with E-state index in [4.69, 9.17) is 0 Å². The van der Waals surface area contributed by atoms with Gasteiger partial charge in [0.1, 0.15) is 0 Å². The predicted octanol–water partition coefficient (Wildman–Crippen LogP) is 2.50. The lowest BCUT2D eigenvalue weighted by molar-refractivity contribution is 0.210. The summed E-state index contributed by atoms with van der Waals surface area (Å²) in [5.41, 5.74) is 0. The second-order valence-electron chi connectivity index (χ2n) is 6.12. The fourth-order valence-electron chi connectivity index (χ4n) is 2.79. The minimum Gasteiger partial charge on any atom is -0.313 e. The molecule has 0 amide bonds. The van der Waals surface area contributed by atoms with Crippen LogP contribution in [0.4, 0.5) is 0 Å². The summed E-state index contributed by atoms with van der Waals surface area (Å²) in [4.78, 5) is 2.52. The summed E-state index contributed by atoms with van der Waals surface area (Å²) < 4.78 is 0. The van der Waals surface area contributed by atoms with E-state index in [-0.39, 0.29) is 0 Å². The van der Waals surface area contributed by atoms with Crippen LogP contribution >= 0.6 is 0 Å². The van der Waals surface area contributed by atoms with E-state index in [2.05, 4.69) is 24.2 Å². The molecule has 0 heterocycles. The lowest BCUT2D eigenvalue weighted by Crippen LogP contribution is -2.34. The van der Waals surface area contributed by atoms with Crippen molar-refractivity contribution in [3.05, 3.63) is 0 Å². The van der Waals surface area contributed by atoms with Crippen LogP contribution in [0.3, 0.4) is 0 Å². The Morgan fingerprint density at radius 2 is 1.75 bits per heavy atom. The summed E-state index contributed by atoms with van der Waals surface area (Å²) in [5, 5.41) is 3.59. The number of hydrogen-bond acceptors (Lipinski definition) is 2. The fraction of sp³-hybridized carbons (Fsp3) is 1.00. The highest BCUT2D eigenvalue weighted by Gasteiger charge is 2.21. The molecule has 1 N–H and O–H groups in total. The van der Waals surface area contributed by atoms with Crippen LogP contribution in [0.5, 0.6) is 0 Å². The van der Waals surface area contributed by atoms with Gasteiger partial charge in [0.2, 0.25) is 0 Å². The van der Waals surface area contributed by atoms with Crippen molar-refractivity contribution in [1.82, 2.24) is 10.2 Å². The molecule has 2 nitrogen and oxygen atoms in total. The molecule has 0 aromatic heterocycles. The van der Waals surface area contributed by atoms with E-state index in [0.717, 1.165) is 17.9 Å². The van der Waals surface area contributed by atoms with Crippen LogP contribution in [-0.4, -0.2) is 37.6 Å². The first-order chi connectivity index (χ1) is 7.74. The van der Waals surface area contributed by atoms with Crippen molar-refractivity contribution in [3.8, 4) is 0 Å². The maximum Gasteiger partial charge on any atom is 0.0104 e. The van der Waals surface area contributed by atoms with Crippen molar-refractivity contribution < 1.29 is 0 Å². The molecule has 2 saturated carbocycles. The number of nitrogens with one attached hydrogen (secondary N) is 1. The van der Waals surface area contributed by atoms with E-state index < -0.39 is 0 Å².